The van der Waals surface area contributed by atoms with Crippen molar-refractivity contribution in [2.75, 3.05) is 32.6 Å². The second-order valence-corrected chi connectivity index (χ2v) is 7.62. The van der Waals surface area contributed by atoms with Crippen LogP contribution in [-0.4, -0.2) is 44.0 Å². The number of para-hydroxylation sites is 1. The van der Waals surface area contributed by atoms with Crippen LogP contribution in [0.15, 0.2) is 42.5 Å². The minimum atomic E-state index is -0.263. The highest BCUT2D eigenvalue weighted by molar-refractivity contribution is 5.99. The Morgan fingerprint density at radius 2 is 1.83 bits per heavy atom. The Balaban J connectivity index is 2.01. The Labute approximate surface area is 179 Å². The number of carbonyl (C=O) groups excluding carboxylic acids is 2. The molecule has 30 heavy (non-hydrogen) atoms. The van der Waals surface area contributed by atoms with Crippen LogP contribution in [0.3, 0.4) is 0 Å². The lowest BCUT2D eigenvalue weighted by molar-refractivity contribution is -0.116. The van der Waals surface area contributed by atoms with Crippen LogP contribution in [0.1, 0.15) is 43.1 Å². The number of rotatable bonds is 10. The van der Waals surface area contributed by atoms with Gasteiger partial charge in [-0.05, 0) is 48.6 Å². The zero-order chi connectivity index (χ0) is 22.1. The zero-order valence-electron chi connectivity index (χ0n) is 18.5. The van der Waals surface area contributed by atoms with E-state index in [-0.39, 0.29) is 18.4 Å². The Kier molecular flexibility index (Phi) is 8.71. The Hall–Kier alpha value is -3.02. The molecule has 0 atom stereocenters. The van der Waals surface area contributed by atoms with Crippen LogP contribution in [0.5, 0.6) is 11.5 Å². The molecule has 0 aromatic heterocycles. The molecule has 0 radical (unpaired) electrons. The molecule has 0 bridgehead atoms. The number of amides is 2. The maximum atomic E-state index is 12.8. The van der Waals surface area contributed by atoms with Gasteiger partial charge in [-0.25, -0.2) is 0 Å². The molecule has 0 heterocycles. The summed E-state index contributed by atoms with van der Waals surface area (Å²) >= 11 is 0. The number of nitrogens with zero attached hydrogens (tertiary/aromatic N) is 1. The highest BCUT2D eigenvalue weighted by atomic mass is 16.5. The summed E-state index contributed by atoms with van der Waals surface area (Å²) in [5, 5.41) is 2.89. The lowest BCUT2D eigenvalue weighted by atomic mass is 10.1. The van der Waals surface area contributed by atoms with Crippen LogP contribution >= 0.6 is 0 Å². The lowest BCUT2D eigenvalue weighted by Gasteiger charge is -2.19. The highest BCUT2D eigenvalue weighted by Gasteiger charge is 2.18. The topological polar surface area (TPSA) is 67.9 Å². The third kappa shape index (κ3) is 6.51. The monoisotopic (exact) mass is 412 g/mol. The largest absolute Gasteiger partial charge is 0.493 e. The van der Waals surface area contributed by atoms with E-state index in [0.717, 1.165) is 24.1 Å². The molecule has 2 aromatic carbocycles. The van der Waals surface area contributed by atoms with E-state index in [1.807, 2.05) is 31.2 Å². The maximum Gasteiger partial charge on any atom is 0.254 e. The van der Waals surface area contributed by atoms with Gasteiger partial charge in [0, 0.05) is 18.3 Å². The normalized spacial score (nSPS) is 10.6. The number of carbonyl (C=O) groups is 2. The van der Waals surface area contributed by atoms with E-state index in [2.05, 4.69) is 19.2 Å². The predicted octanol–water partition coefficient (Wildman–Crippen LogP) is 4.39. The van der Waals surface area contributed by atoms with Gasteiger partial charge in [0.1, 0.15) is 0 Å². The number of likely N-dealkylation sites (N-methyl/N-ethyl adjacent to an activating group) is 1. The lowest BCUT2D eigenvalue weighted by Crippen LogP contribution is -2.35. The van der Waals surface area contributed by atoms with Gasteiger partial charge in [0.2, 0.25) is 5.91 Å². The Morgan fingerprint density at radius 1 is 1.10 bits per heavy atom. The summed E-state index contributed by atoms with van der Waals surface area (Å²) in [5.74, 6) is 1.14. The molecule has 6 nitrogen and oxygen atoms in total. The number of aryl methyl sites for hydroxylation is 1. The van der Waals surface area contributed by atoms with Gasteiger partial charge < -0.3 is 19.7 Å². The second kappa shape index (κ2) is 11.2. The van der Waals surface area contributed by atoms with Gasteiger partial charge in [0.25, 0.3) is 5.91 Å². The number of nitrogens with one attached hydrogen (secondary N) is 1. The number of methoxy groups -OCH3 is 1. The fourth-order valence-corrected chi connectivity index (χ4v) is 2.97. The fourth-order valence-electron chi connectivity index (χ4n) is 2.97. The molecule has 2 amide bonds. The first-order chi connectivity index (χ1) is 14.3. The van der Waals surface area contributed by atoms with Gasteiger partial charge in [0.05, 0.1) is 20.3 Å². The van der Waals surface area contributed by atoms with E-state index in [4.69, 9.17) is 9.47 Å². The number of hydrogen-bond donors (Lipinski definition) is 1. The van der Waals surface area contributed by atoms with Crippen LogP contribution in [0.4, 0.5) is 5.69 Å². The van der Waals surface area contributed by atoms with Crippen LogP contribution in [0.25, 0.3) is 0 Å². The molecule has 0 saturated heterocycles. The van der Waals surface area contributed by atoms with E-state index >= 15 is 0 Å². The number of benzene rings is 2. The summed E-state index contributed by atoms with van der Waals surface area (Å²) < 4.78 is 11.2. The van der Waals surface area contributed by atoms with E-state index in [0.29, 0.717) is 29.6 Å². The van der Waals surface area contributed by atoms with Crippen LogP contribution < -0.4 is 14.8 Å². The van der Waals surface area contributed by atoms with E-state index in [9.17, 15) is 9.59 Å². The summed E-state index contributed by atoms with van der Waals surface area (Å²) in [6.07, 6.45) is 1.75. The van der Waals surface area contributed by atoms with E-state index in [1.165, 1.54) is 4.90 Å². The highest BCUT2D eigenvalue weighted by Crippen LogP contribution is 2.29. The van der Waals surface area contributed by atoms with Crippen LogP contribution in [-0.2, 0) is 11.2 Å². The van der Waals surface area contributed by atoms with Gasteiger partial charge in [-0.1, -0.05) is 39.0 Å². The molecule has 0 fully saturated rings. The smallest absolute Gasteiger partial charge is 0.254 e. The first-order valence-electron chi connectivity index (χ1n) is 10.3. The summed E-state index contributed by atoms with van der Waals surface area (Å²) in [6.45, 7) is 6.83. The molecule has 0 spiro atoms. The van der Waals surface area contributed by atoms with Gasteiger partial charge in [-0.3, -0.25) is 9.59 Å². The van der Waals surface area contributed by atoms with Crippen molar-refractivity contribution in [1.82, 2.24) is 4.90 Å². The van der Waals surface area contributed by atoms with Crippen molar-refractivity contribution in [3.63, 3.8) is 0 Å². The van der Waals surface area contributed by atoms with Gasteiger partial charge >= 0.3 is 0 Å². The minimum absolute atomic E-state index is 0.0498. The summed E-state index contributed by atoms with van der Waals surface area (Å²) in [6, 6.07) is 12.7. The average molecular weight is 413 g/mol. The summed E-state index contributed by atoms with van der Waals surface area (Å²) in [7, 11) is 3.15. The average Bonchev–Trinajstić information content (AvgIpc) is 2.73. The molecule has 2 rings (SSSR count). The van der Waals surface area contributed by atoms with Gasteiger partial charge in [-0.15, -0.1) is 0 Å². The van der Waals surface area contributed by atoms with Crippen molar-refractivity contribution in [3.8, 4) is 11.5 Å². The van der Waals surface area contributed by atoms with Crippen molar-refractivity contribution in [1.29, 1.82) is 0 Å². The van der Waals surface area contributed by atoms with Crippen molar-refractivity contribution >= 4 is 17.5 Å². The third-order valence-electron chi connectivity index (χ3n) is 4.76. The number of anilines is 1. The fraction of sp³-hybridized carbons (Fsp3) is 0.417. The molecular weight excluding hydrogens is 380 g/mol. The van der Waals surface area contributed by atoms with Crippen molar-refractivity contribution in [2.24, 2.45) is 5.92 Å². The van der Waals surface area contributed by atoms with Crippen molar-refractivity contribution in [2.45, 2.75) is 33.6 Å². The van der Waals surface area contributed by atoms with Crippen LogP contribution in [0, 0.1) is 5.92 Å². The number of ether oxygens (including phenoxy) is 2. The molecule has 0 aliphatic heterocycles. The molecule has 0 aliphatic rings. The first-order valence-corrected chi connectivity index (χ1v) is 10.3. The molecular formula is C24H32N2O4. The summed E-state index contributed by atoms with van der Waals surface area (Å²) in [5.41, 5.74) is 2.26. The Morgan fingerprint density at radius 3 is 2.50 bits per heavy atom. The van der Waals surface area contributed by atoms with E-state index < -0.39 is 0 Å². The Bertz CT molecular complexity index is 864. The van der Waals surface area contributed by atoms with Crippen LogP contribution in [0.2, 0.25) is 0 Å². The quantitative estimate of drug-likeness (QED) is 0.628. The van der Waals surface area contributed by atoms with Crippen molar-refractivity contribution in [3.05, 3.63) is 53.6 Å². The molecule has 0 aliphatic carbocycles. The standard InChI is InChI=1S/C24H32N2O4/c1-6-18-9-7-8-10-20(18)25-23(27)16-26(4)24(28)19-11-12-21(22(15-19)29-5)30-14-13-17(2)3/h7-12,15,17H,6,13-14,16H2,1-5H3,(H,25,27). The molecule has 0 saturated carbocycles. The number of hydrogen-bond acceptors (Lipinski definition) is 4. The summed E-state index contributed by atoms with van der Waals surface area (Å²) in [4.78, 5) is 26.6. The molecule has 162 valence electrons. The molecule has 2 aromatic rings. The van der Waals surface area contributed by atoms with E-state index in [1.54, 1.807) is 32.4 Å². The molecule has 1 N–H and O–H groups in total. The SMILES string of the molecule is CCc1ccccc1NC(=O)CN(C)C(=O)c1ccc(OCCC(C)C)c(OC)c1. The zero-order valence-corrected chi connectivity index (χ0v) is 18.5. The van der Waals surface area contributed by atoms with Gasteiger partial charge in [-0.2, -0.15) is 0 Å². The molecule has 6 heteroatoms. The van der Waals surface area contributed by atoms with Gasteiger partial charge in [0.15, 0.2) is 11.5 Å². The second-order valence-electron chi connectivity index (χ2n) is 7.62. The molecule has 0 unspecified atom stereocenters. The predicted molar refractivity (Wildman–Crippen MR) is 119 cm³/mol. The van der Waals surface area contributed by atoms with Crippen molar-refractivity contribution < 1.29 is 19.1 Å². The first kappa shape index (κ1) is 23.3. The maximum absolute atomic E-state index is 12.8. The minimum Gasteiger partial charge on any atom is -0.493 e. The third-order valence-corrected chi connectivity index (χ3v) is 4.76.